The molecule has 0 radical (unpaired) electrons. The SMILES string of the molecule is O=c1c2ccccc2nc(SCc2ccc(-n3cccn3)cc2)n1-c1ncn[nH]1. The van der Waals surface area contributed by atoms with Crippen molar-refractivity contribution >= 4 is 22.7 Å². The number of para-hydroxylation sites is 1. The molecule has 0 aliphatic rings. The van der Waals surface area contributed by atoms with Gasteiger partial charge in [0.2, 0.25) is 5.95 Å². The number of thioether (sulfide) groups is 1. The van der Waals surface area contributed by atoms with E-state index < -0.39 is 0 Å². The maximum Gasteiger partial charge on any atom is 0.269 e. The van der Waals surface area contributed by atoms with E-state index in [4.69, 9.17) is 0 Å². The monoisotopic (exact) mass is 401 g/mol. The quantitative estimate of drug-likeness (QED) is 0.359. The number of hydrogen-bond acceptors (Lipinski definition) is 6. The summed E-state index contributed by atoms with van der Waals surface area (Å²) in [5.74, 6) is 1.00. The van der Waals surface area contributed by atoms with E-state index in [1.165, 1.54) is 22.7 Å². The number of hydrogen-bond donors (Lipinski definition) is 1. The van der Waals surface area contributed by atoms with Crippen LogP contribution in [0.25, 0.3) is 22.5 Å². The first-order valence-corrected chi connectivity index (χ1v) is 9.87. The number of nitrogens with zero attached hydrogens (tertiary/aromatic N) is 6. The van der Waals surface area contributed by atoms with Gasteiger partial charge >= 0.3 is 0 Å². The Morgan fingerprint density at radius 3 is 2.66 bits per heavy atom. The first-order valence-electron chi connectivity index (χ1n) is 8.89. The fourth-order valence-corrected chi connectivity index (χ4v) is 3.97. The molecule has 1 N–H and O–H groups in total. The van der Waals surface area contributed by atoms with Gasteiger partial charge in [-0.15, -0.1) is 0 Å². The van der Waals surface area contributed by atoms with Gasteiger partial charge in [0.25, 0.3) is 5.56 Å². The molecule has 2 aromatic carbocycles. The maximum atomic E-state index is 13.0. The summed E-state index contributed by atoms with van der Waals surface area (Å²) >= 11 is 1.47. The molecule has 0 saturated carbocycles. The molecule has 5 aromatic rings. The largest absolute Gasteiger partial charge is 0.269 e. The first-order chi connectivity index (χ1) is 14.3. The number of benzene rings is 2. The Hall–Kier alpha value is -3.72. The average molecular weight is 401 g/mol. The summed E-state index contributed by atoms with van der Waals surface area (Å²) in [7, 11) is 0. The standard InChI is InChI=1S/C20H15N7OS/c28-18-16-4-1-2-5-17(16)24-20(27(18)19-21-13-22-25-19)29-12-14-6-8-15(9-7-14)26-11-3-10-23-26/h1-11,13H,12H2,(H,21,22,25). The van der Waals surface area contributed by atoms with Crippen LogP contribution < -0.4 is 5.56 Å². The molecular weight excluding hydrogens is 386 g/mol. The van der Waals surface area contributed by atoms with E-state index in [2.05, 4.69) is 25.3 Å². The first kappa shape index (κ1) is 17.4. The van der Waals surface area contributed by atoms with Crippen LogP contribution in [0.2, 0.25) is 0 Å². The molecule has 0 atom stereocenters. The molecule has 9 heteroatoms. The minimum absolute atomic E-state index is 0.177. The summed E-state index contributed by atoms with van der Waals surface area (Å²) < 4.78 is 3.28. The highest BCUT2D eigenvalue weighted by atomic mass is 32.2. The van der Waals surface area contributed by atoms with Gasteiger partial charge in [0, 0.05) is 18.1 Å². The summed E-state index contributed by atoms with van der Waals surface area (Å²) in [6.07, 6.45) is 5.02. The molecule has 5 rings (SSSR count). The number of aromatic amines is 1. The van der Waals surface area contributed by atoms with Crippen LogP contribution in [0.1, 0.15) is 5.56 Å². The number of fused-ring (bicyclic) bond motifs is 1. The third kappa shape index (κ3) is 3.32. The lowest BCUT2D eigenvalue weighted by Gasteiger charge is -2.10. The van der Waals surface area contributed by atoms with Crippen LogP contribution in [-0.4, -0.2) is 34.5 Å². The Bertz CT molecular complexity index is 1310. The summed E-state index contributed by atoms with van der Waals surface area (Å²) in [5.41, 5.74) is 2.58. The number of rotatable bonds is 5. The van der Waals surface area contributed by atoms with Gasteiger partial charge in [-0.1, -0.05) is 36.0 Å². The Kier molecular flexibility index (Phi) is 4.41. The minimum atomic E-state index is -0.177. The van der Waals surface area contributed by atoms with E-state index in [0.717, 1.165) is 11.3 Å². The molecule has 0 aliphatic heterocycles. The molecule has 0 bridgehead atoms. The molecule has 3 aromatic heterocycles. The summed E-state index contributed by atoms with van der Waals surface area (Å²) in [5, 5.41) is 12.0. The lowest BCUT2D eigenvalue weighted by molar-refractivity contribution is 0.771. The number of nitrogens with one attached hydrogen (secondary N) is 1. The van der Waals surface area contributed by atoms with Crippen molar-refractivity contribution in [3.05, 3.63) is 89.2 Å². The fourth-order valence-electron chi connectivity index (χ4n) is 3.02. The van der Waals surface area contributed by atoms with E-state index in [0.29, 0.717) is 27.8 Å². The third-order valence-electron chi connectivity index (χ3n) is 4.43. The molecule has 29 heavy (non-hydrogen) atoms. The van der Waals surface area contributed by atoms with Crippen LogP contribution in [0, 0.1) is 0 Å². The van der Waals surface area contributed by atoms with Crippen molar-refractivity contribution in [2.24, 2.45) is 0 Å². The predicted octanol–water partition coefficient (Wildman–Crippen LogP) is 2.98. The van der Waals surface area contributed by atoms with Crippen molar-refractivity contribution in [3.8, 4) is 11.6 Å². The second kappa shape index (κ2) is 7.36. The van der Waals surface area contributed by atoms with Crippen molar-refractivity contribution in [1.82, 2.24) is 34.5 Å². The van der Waals surface area contributed by atoms with E-state index >= 15 is 0 Å². The van der Waals surface area contributed by atoms with Crippen LogP contribution in [0.5, 0.6) is 0 Å². The number of aromatic nitrogens is 7. The van der Waals surface area contributed by atoms with Gasteiger partial charge < -0.3 is 0 Å². The molecule has 0 aliphatic carbocycles. The van der Waals surface area contributed by atoms with Crippen molar-refractivity contribution < 1.29 is 0 Å². The molecule has 0 amide bonds. The minimum Gasteiger partial charge on any atom is -0.268 e. The molecule has 0 unspecified atom stereocenters. The predicted molar refractivity (Wildman–Crippen MR) is 110 cm³/mol. The summed E-state index contributed by atoms with van der Waals surface area (Å²) in [6, 6.07) is 17.3. The fraction of sp³-hybridized carbons (Fsp3) is 0.0500. The molecule has 0 spiro atoms. The Morgan fingerprint density at radius 1 is 1.03 bits per heavy atom. The molecular formula is C20H15N7OS. The Labute approximate surface area is 169 Å². The van der Waals surface area contributed by atoms with Crippen molar-refractivity contribution in [1.29, 1.82) is 0 Å². The van der Waals surface area contributed by atoms with Crippen molar-refractivity contribution in [3.63, 3.8) is 0 Å². The summed E-state index contributed by atoms with van der Waals surface area (Å²) in [6.45, 7) is 0. The molecule has 3 heterocycles. The average Bonchev–Trinajstić information content (AvgIpc) is 3.47. The van der Waals surface area contributed by atoms with E-state index in [9.17, 15) is 4.79 Å². The Morgan fingerprint density at radius 2 is 1.90 bits per heavy atom. The topological polar surface area (TPSA) is 94.3 Å². The summed E-state index contributed by atoms with van der Waals surface area (Å²) in [4.78, 5) is 21.9. The van der Waals surface area contributed by atoms with Crippen molar-refractivity contribution in [2.75, 3.05) is 0 Å². The van der Waals surface area contributed by atoms with Gasteiger partial charge in [-0.05, 0) is 35.9 Å². The molecule has 0 saturated heterocycles. The smallest absolute Gasteiger partial charge is 0.268 e. The third-order valence-corrected chi connectivity index (χ3v) is 5.44. The van der Waals surface area contributed by atoms with Gasteiger partial charge in [0.05, 0.1) is 16.6 Å². The Balaban J connectivity index is 1.48. The van der Waals surface area contributed by atoms with E-state index in [1.54, 1.807) is 12.3 Å². The zero-order valence-electron chi connectivity index (χ0n) is 15.1. The zero-order valence-corrected chi connectivity index (χ0v) is 16.0. The molecule has 8 nitrogen and oxygen atoms in total. The van der Waals surface area contributed by atoms with Gasteiger partial charge in [-0.2, -0.15) is 15.2 Å². The highest BCUT2D eigenvalue weighted by molar-refractivity contribution is 7.98. The van der Waals surface area contributed by atoms with Crippen LogP contribution in [0.4, 0.5) is 0 Å². The van der Waals surface area contributed by atoms with Crippen LogP contribution >= 0.6 is 11.8 Å². The lowest BCUT2D eigenvalue weighted by atomic mass is 10.2. The second-order valence-electron chi connectivity index (χ2n) is 6.27. The van der Waals surface area contributed by atoms with Gasteiger partial charge in [0.15, 0.2) is 5.16 Å². The van der Waals surface area contributed by atoms with Crippen LogP contribution in [-0.2, 0) is 5.75 Å². The second-order valence-corrected chi connectivity index (χ2v) is 7.21. The van der Waals surface area contributed by atoms with Gasteiger partial charge in [-0.25, -0.2) is 19.3 Å². The zero-order chi connectivity index (χ0) is 19.6. The molecule has 142 valence electrons. The van der Waals surface area contributed by atoms with E-state index in [1.807, 2.05) is 59.4 Å². The van der Waals surface area contributed by atoms with Gasteiger partial charge in [-0.3, -0.25) is 4.79 Å². The van der Waals surface area contributed by atoms with Gasteiger partial charge in [0.1, 0.15) is 6.33 Å². The lowest BCUT2D eigenvalue weighted by Crippen LogP contribution is -2.22. The highest BCUT2D eigenvalue weighted by Crippen LogP contribution is 2.24. The van der Waals surface area contributed by atoms with Crippen molar-refractivity contribution in [2.45, 2.75) is 10.9 Å². The van der Waals surface area contributed by atoms with Crippen LogP contribution in [0.3, 0.4) is 0 Å². The maximum absolute atomic E-state index is 13.0. The molecule has 0 fully saturated rings. The van der Waals surface area contributed by atoms with Crippen LogP contribution in [0.15, 0.2) is 83.3 Å². The van der Waals surface area contributed by atoms with E-state index in [-0.39, 0.29) is 5.56 Å². The highest BCUT2D eigenvalue weighted by Gasteiger charge is 2.15. The normalized spacial score (nSPS) is 11.2. The number of H-pyrrole nitrogens is 1.